The van der Waals surface area contributed by atoms with Gasteiger partial charge in [-0.2, -0.15) is 0 Å². The SMILES string of the molecule is CN(C)Cc1cc[c]cc1Cl. The Morgan fingerprint density at radius 3 is 2.82 bits per heavy atom. The maximum atomic E-state index is 5.91. The summed E-state index contributed by atoms with van der Waals surface area (Å²) in [5, 5.41) is 0.793. The highest BCUT2D eigenvalue weighted by molar-refractivity contribution is 6.31. The van der Waals surface area contributed by atoms with Gasteiger partial charge in [0.15, 0.2) is 0 Å². The average Bonchev–Trinajstić information content (AvgIpc) is 1.93. The Labute approximate surface area is 72.6 Å². The molecule has 0 fully saturated rings. The lowest BCUT2D eigenvalue weighted by molar-refractivity contribution is 0.402. The lowest BCUT2D eigenvalue weighted by Gasteiger charge is -2.10. The first-order chi connectivity index (χ1) is 5.20. The van der Waals surface area contributed by atoms with Crippen molar-refractivity contribution in [3.63, 3.8) is 0 Å². The number of hydrogen-bond donors (Lipinski definition) is 0. The van der Waals surface area contributed by atoms with Crippen LogP contribution in [0.5, 0.6) is 0 Å². The molecule has 0 saturated carbocycles. The maximum absolute atomic E-state index is 5.91. The van der Waals surface area contributed by atoms with Crippen LogP contribution in [0.2, 0.25) is 5.02 Å². The first kappa shape index (κ1) is 8.57. The minimum absolute atomic E-state index is 0.793. The van der Waals surface area contributed by atoms with E-state index in [1.54, 1.807) is 6.07 Å². The maximum Gasteiger partial charge on any atom is 0.0457 e. The summed E-state index contributed by atoms with van der Waals surface area (Å²) in [5.74, 6) is 0. The third-order valence-electron chi connectivity index (χ3n) is 1.38. The number of hydrogen-bond acceptors (Lipinski definition) is 1. The highest BCUT2D eigenvalue weighted by Crippen LogP contribution is 2.15. The molecule has 0 heterocycles. The van der Waals surface area contributed by atoms with Gasteiger partial charge >= 0.3 is 0 Å². The molecule has 0 aliphatic rings. The average molecular weight is 169 g/mol. The van der Waals surface area contributed by atoms with Crippen molar-refractivity contribution in [2.45, 2.75) is 6.54 Å². The molecule has 1 nitrogen and oxygen atoms in total. The molecule has 1 aromatic carbocycles. The van der Waals surface area contributed by atoms with Crippen molar-refractivity contribution >= 4 is 11.6 Å². The van der Waals surface area contributed by atoms with Crippen LogP contribution in [0.4, 0.5) is 0 Å². The summed E-state index contributed by atoms with van der Waals surface area (Å²) in [5.41, 5.74) is 1.15. The van der Waals surface area contributed by atoms with Gasteiger partial charge in [0, 0.05) is 11.6 Å². The third kappa shape index (κ3) is 2.52. The standard InChI is InChI=1S/C9H11ClN/c1-11(2)7-8-5-3-4-6-9(8)10/h3,5-6H,7H2,1-2H3. The minimum atomic E-state index is 0.793. The topological polar surface area (TPSA) is 3.24 Å². The quantitative estimate of drug-likeness (QED) is 0.655. The molecule has 1 rings (SSSR count). The fourth-order valence-electron chi connectivity index (χ4n) is 0.911. The highest BCUT2D eigenvalue weighted by atomic mass is 35.5. The van der Waals surface area contributed by atoms with Crippen molar-refractivity contribution in [2.75, 3.05) is 14.1 Å². The zero-order valence-electron chi connectivity index (χ0n) is 6.76. The summed E-state index contributed by atoms with van der Waals surface area (Å²) in [7, 11) is 4.04. The normalized spacial score (nSPS) is 10.5. The van der Waals surface area contributed by atoms with Gasteiger partial charge in [0.25, 0.3) is 0 Å². The van der Waals surface area contributed by atoms with E-state index >= 15 is 0 Å². The van der Waals surface area contributed by atoms with Crippen LogP contribution >= 0.6 is 11.6 Å². The first-order valence-corrected chi connectivity index (χ1v) is 3.87. The first-order valence-electron chi connectivity index (χ1n) is 3.49. The molecule has 0 saturated heterocycles. The van der Waals surface area contributed by atoms with Crippen LogP contribution in [-0.2, 0) is 6.54 Å². The molecule has 0 aromatic heterocycles. The fourth-order valence-corrected chi connectivity index (χ4v) is 1.10. The number of nitrogens with zero attached hydrogens (tertiary/aromatic N) is 1. The van der Waals surface area contributed by atoms with Crippen LogP contribution in [0.1, 0.15) is 5.56 Å². The lowest BCUT2D eigenvalue weighted by atomic mass is 10.2. The molecule has 0 bridgehead atoms. The van der Waals surface area contributed by atoms with Gasteiger partial charge in [-0.1, -0.05) is 23.7 Å². The number of rotatable bonds is 2. The van der Waals surface area contributed by atoms with E-state index in [1.165, 1.54) is 0 Å². The molecular formula is C9H11ClN. The summed E-state index contributed by atoms with van der Waals surface area (Å²) in [6, 6.07) is 8.58. The van der Waals surface area contributed by atoms with E-state index in [2.05, 4.69) is 11.0 Å². The summed E-state index contributed by atoms with van der Waals surface area (Å²) >= 11 is 5.91. The molecular weight excluding hydrogens is 158 g/mol. The second kappa shape index (κ2) is 3.74. The number of benzene rings is 1. The molecule has 0 amide bonds. The Balaban J connectivity index is 2.78. The molecule has 0 unspecified atom stereocenters. The van der Waals surface area contributed by atoms with Gasteiger partial charge in [-0.05, 0) is 31.8 Å². The highest BCUT2D eigenvalue weighted by Gasteiger charge is 1.98. The van der Waals surface area contributed by atoms with Crippen LogP contribution in [0.15, 0.2) is 18.2 Å². The van der Waals surface area contributed by atoms with E-state index in [0.29, 0.717) is 0 Å². The number of halogens is 1. The van der Waals surface area contributed by atoms with Gasteiger partial charge in [0.1, 0.15) is 0 Å². The Morgan fingerprint density at radius 2 is 2.27 bits per heavy atom. The summed E-state index contributed by atoms with van der Waals surface area (Å²) in [6.45, 7) is 0.882. The smallest absolute Gasteiger partial charge is 0.0457 e. The zero-order chi connectivity index (χ0) is 8.27. The van der Waals surface area contributed by atoms with Crippen LogP contribution in [0.3, 0.4) is 0 Å². The Morgan fingerprint density at radius 1 is 1.55 bits per heavy atom. The van der Waals surface area contributed by atoms with Crippen molar-refractivity contribution in [3.05, 3.63) is 34.9 Å². The van der Waals surface area contributed by atoms with Crippen LogP contribution in [-0.4, -0.2) is 19.0 Å². The van der Waals surface area contributed by atoms with E-state index in [-0.39, 0.29) is 0 Å². The monoisotopic (exact) mass is 168 g/mol. The van der Waals surface area contributed by atoms with Crippen LogP contribution < -0.4 is 0 Å². The summed E-state index contributed by atoms with van der Waals surface area (Å²) in [4.78, 5) is 2.08. The van der Waals surface area contributed by atoms with Crippen molar-refractivity contribution in [1.82, 2.24) is 4.90 Å². The van der Waals surface area contributed by atoms with Crippen molar-refractivity contribution in [2.24, 2.45) is 0 Å². The van der Waals surface area contributed by atoms with Crippen LogP contribution in [0, 0.1) is 6.07 Å². The molecule has 0 atom stereocenters. The molecule has 59 valence electrons. The predicted octanol–water partition coefficient (Wildman–Crippen LogP) is 2.20. The second-order valence-corrected chi connectivity index (χ2v) is 3.16. The van der Waals surface area contributed by atoms with E-state index in [9.17, 15) is 0 Å². The second-order valence-electron chi connectivity index (χ2n) is 2.76. The van der Waals surface area contributed by atoms with Crippen molar-refractivity contribution < 1.29 is 0 Å². The predicted molar refractivity (Wildman–Crippen MR) is 47.7 cm³/mol. The Bertz CT molecular complexity index is 233. The molecule has 0 N–H and O–H groups in total. The van der Waals surface area contributed by atoms with Gasteiger partial charge in [0.2, 0.25) is 0 Å². The van der Waals surface area contributed by atoms with Gasteiger partial charge in [-0.15, -0.1) is 0 Å². The fraction of sp³-hybridized carbons (Fsp3) is 0.333. The summed E-state index contributed by atoms with van der Waals surface area (Å²) < 4.78 is 0. The largest absolute Gasteiger partial charge is 0.305 e. The van der Waals surface area contributed by atoms with Gasteiger partial charge in [-0.3, -0.25) is 0 Å². The van der Waals surface area contributed by atoms with E-state index < -0.39 is 0 Å². The van der Waals surface area contributed by atoms with E-state index in [4.69, 9.17) is 11.6 Å². The zero-order valence-corrected chi connectivity index (χ0v) is 7.52. The van der Waals surface area contributed by atoms with Gasteiger partial charge < -0.3 is 4.90 Å². The molecule has 0 spiro atoms. The molecule has 1 radical (unpaired) electrons. The Hall–Kier alpha value is -0.530. The third-order valence-corrected chi connectivity index (χ3v) is 1.74. The van der Waals surface area contributed by atoms with E-state index in [0.717, 1.165) is 17.1 Å². The van der Waals surface area contributed by atoms with Gasteiger partial charge in [-0.25, -0.2) is 0 Å². The van der Waals surface area contributed by atoms with Crippen LogP contribution in [0.25, 0.3) is 0 Å². The molecule has 1 aromatic rings. The molecule has 11 heavy (non-hydrogen) atoms. The molecule has 0 aliphatic carbocycles. The molecule has 0 aliphatic heterocycles. The lowest BCUT2D eigenvalue weighted by Crippen LogP contribution is -2.10. The van der Waals surface area contributed by atoms with Crippen molar-refractivity contribution in [3.8, 4) is 0 Å². The Kier molecular flexibility index (Phi) is 2.92. The van der Waals surface area contributed by atoms with Crippen molar-refractivity contribution in [1.29, 1.82) is 0 Å². The molecule has 2 heteroatoms. The van der Waals surface area contributed by atoms with Gasteiger partial charge in [0.05, 0.1) is 0 Å². The van der Waals surface area contributed by atoms with E-state index in [1.807, 2.05) is 26.2 Å². The summed E-state index contributed by atoms with van der Waals surface area (Å²) in [6.07, 6.45) is 0. The minimum Gasteiger partial charge on any atom is -0.305 e.